The Morgan fingerprint density at radius 2 is 2.38 bits per heavy atom. The van der Waals surface area contributed by atoms with Crippen LogP contribution >= 0.6 is 0 Å². The van der Waals surface area contributed by atoms with Gasteiger partial charge in [-0.2, -0.15) is 0 Å². The predicted molar refractivity (Wildman–Crippen MR) is 58.4 cm³/mol. The Morgan fingerprint density at radius 3 is 3.06 bits per heavy atom. The van der Waals surface area contributed by atoms with E-state index in [0.717, 1.165) is 17.0 Å². The van der Waals surface area contributed by atoms with E-state index in [9.17, 15) is 4.79 Å². The number of hydrogen-bond acceptors (Lipinski definition) is 3. The van der Waals surface area contributed by atoms with Crippen molar-refractivity contribution in [1.29, 1.82) is 0 Å². The summed E-state index contributed by atoms with van der Waals surface area (Å²) in [5.41, 5.74) is 2.56. The van der Waals surface area contributed by atoms with E-state index in [2.05, 4.69) is 9.97 Å². The van der Waals surface area contributed by atoms with Crippen molar-refractivity contribution in [3.8, 4) is 0 Å². The maximum Gasteiger partial charge on any atom is 0.304 e. The van der Waals surface area contributed by atoms with Crippen molar-refractivity contribution in [2.24, 2.45) is 0 Å². The number of nitrogens with zero attached hydrogens (tertiary/aromatic N) is 3. The van der Waals surface area contributed by atoms with E-state index in [0.29, 0.717) is 0 Å². The molecule has 5 heteroatoms. The standard InChI is InChI=1S/C11H13N3O2/c1-7(5-10(15)16)11-8(2)13-9-6-12-3-4-14(9)11/h3-4,6-7H,5H2,1-2H3,(H,15,16). The highest BCUT2D eigenvalue weighted by atomic mass is 16.4. The average Bonchev–Trinajstić information content (AvgIpc) is 2.52. The summed E-state index contributed by atoms with van der Waals surface area (Å²) in [6.45, 7) is 3.78. The number of aryl methyl sites for hydroxylation is 1. The maximum absolute atomic E-state index is 10.7. The highest BCUT2D eigenvalue weighted by Crippen LogP contribution is 2.23. The van der Waals surface area contributed by atoms with Crippen LogP contribution in [0.1, 0.15) is 30.7 Å². The van der Waals surface area contributed by atoms with Crippen LogP contribution < -0.4 is 0 Å². The molecule has 0 aliphatic rings. The number of hydrogen-bond donors (Lipinski definition) is 1. The van der Waals surface area contributed by atoms with Crippen molar-refractivity contribution >= 4 is 11.6 Å². The molecule has 2 rings (SSSR count). The van der Waals surface area contributed by atoms with E-state index in [1.165, 1.54) is 0 Å². The first-order valence-electron chi connectivity index (χ1n) is 5.10. The molecule has 0 saturated carbocycles. The van der Waals surface area contributed by atoms with Crippen LogP contribution in [0.4, 0.5) is 0 Å². The second-order valence-corrected chi connectivity index (χ2v) is 3.89. The number of aromatic nitrogens is 3. The van der Waals surface area contributed by atoms with Gasteiger partial charge in [0, 0.05) is 24.0 Å². The van der Waals surface area contributed by atoms with Crippen molar-refractivity contribution in [3.63, 3.8) is 0 Å². The van der Waals surface area contributed by atoms with Gasteiger partial charge in [-0.15, -0.1) is 0 Å². The van der Waals surface area contributed by atoms with Gasteiger partial charge in [-0.05, 0) is 6.92 Å². The number of imidazole rings is 1. The van der Waals surface area contributed by atoms with Crippen LogP contribution in [0.2, 0.25) is 0 Å². The van der Waals surface area contributed by atoms with Crippen LogP contribution in [-0.2, 0) is 4.79 Å². The molecule has 84 valence electrons. The molecule has 2 aromatic rings. The molecule has 0 aliphatic heterocycles. The molecule has 2 aromatic heterocycles. The van der Waals surface area contributed by atoms with Gasteiger partial charge in [-0.1, -0.05) is 6.92 Å². The van der Waals surface area contributed by atoms with Crippen LogP contribution in [0.5, 0.6) is 0 Å². The zero-order valence-electron chi connectivity index (χ0n) is 9.21. The highest BCUT2D eigenvalue weighted by Gasteiger charge is 2.17. The molecular weight excluding hydrogens is 206 g/mol. The first kappa shape index (κ1) is 10.6. The van der Waals surface area contributed by atoms with Crippen molar-refractivity contribution in [2.45, 2.75) is 26.2 Å². The second kappa shape index (κ2) is 3.92. The first-order valence-corrected chi connectivity index (χ1v) is 5.10. The number of carboxylic acids is 1. The smallest absolute Gasteiger partial charge is 0.304 e. The van der Waals surface area contributed by atoms with Gasteiger partial charge in [0.1, 0.15) is 0 Å². The van der Waals surface area contributed by atoms with E-state index in [-0.39, 0.29) is 12.3 Å². The highest BCUT2D eigenvalue weighted by molar-refractivity contribution is 5.68. The number of fused-ring (bicyclic) bond motifs is 1. The van der Waals surface area contributed by atoms with Gasteiger partial charge >= 0.3 is 5.97 Å². The summed E-state index contributed by atoms with van der Waals surface area (Å²) in [6.07, 6.45) is 5.26. The van der Waals surface area contributed by atoms with Crippen LogP contribution in [0.15, 0.2) is 18.6 Å². The fraction of sp³-hybridized carbons (Fsp3) is 0.364. The SMILES string of the molecule is Cc1nc2cnccn2c1C(C)CC(=O)O. The molecule has 0 saturated heterocycles. The topological polar surface area (TPSA) is 67.5 Å². The predicted octanol–water partition coefficient (Wildman–Crippen LogP) is 1.62. The third kappa shape index (κ3) is 1.76. The molecule has 0 aromatic carbocycles. The summed E-state index contributed by atoms with van der Waals surface area (Å²) in [4.78, 5) is 19.0. The van der Waals surface area contributed by atoms with Crippen LogP contribution in [0, 0.1) is 6.92 Å². The van der Waals surface area contributed by atoms with Crippen molar-refractivity contribution < 1.29 is 9.90 Å². The molecule has 1 unspecified atom stereocenters. The van der Waals surface area contributed by atoms with E-state index in [4.69, 9.17) is 5.11 Å². The number of aliphatic carboxylic acids is 1. The lowest BCUT2D eigenvalue weighted by Gasteiger charge is -2.09. The lowest BCUT2D eigenvalue weighted by Crippen LogP contribution is -2.06. The fourth-order valence-electron chi connectivity index (χ4n) is 2.00. The largest absolute Gasteiger partial charge is 0.481 e. The molecule has 16 heavy (non-hydrogen) atoms. The lowest BCUT2D eigenvalue weighted by atomic mass is 10.0. The molecule has 0 fully saturated rings. The van der Waals surface area contributed by atoms with Crippen LogP contribution in [0.3, 0.4) is 0 Å². The van der Waals surface area contributed by atoms with Gasteiger partial charge in [0.15, 0.2) is 5.65 Å². The fourth-order valence-corrected chi connectivity index (χ4v) is 2.00. The van der Waals surface area contributed by atoms with Gasteiger partial charge in [0.25, 0.3) is 0 Å². The molecular formula is C11H13N3O2. The van der Waals surface area contributed by atoms with Crippen molar-refractivity contribution in [2.75, 3.05) is 0 Å². The minimum Gasteiger partial charge on any atom is -0.481 e. The van der Waals surface area contributed by atoms with Gasteiger partial charge in [0.2, 0.25) is 0 Å². The van der Waals surface area contributed by atoms with E-state index < -0.39 is 5.97 Å². The zero-order valence-corrected chi connectivity index (χ0v) is 9.21. The molecule has 1 N–H and O–H groups in total. The first-order chi connectivity index (χ1) is 7.59. The second-order valence-electron chi connectivity index (χ2n) is 3.89. The molecule has 5 nitrogen and oxygen atoms in total. The van der Waals surface area contributed by atoms with E-state index in [1.54, 1.807) is 12.4 Å². The quantitative estimate of drug-likeness (QED) is 0.851. The number of rotatable bonds is 3. The van der Waals surface area contributed by atoms with E-state index >= 15 is 0 Å². The Hall–Kier alpha value is -1.91. The van der Waals surface area contributed by atoms with Crippen molar-refractivity contribution in [3.05, 3.63) is 30.0 Å². The normalized spacial score (nSPS) is 12.9. The van der Waals surface area contributed by atoms with Crippen LogP contribution in [0.25, 0.3) is 5.65 Å². The van der Waals surface area contributed by atoms with E-state index in [1.807, 2.05) is 24.4 Å². The summed E-state index contributed by atoms with van der Waals surface area (Å²) in [5.74, 6) is -0.856. The third-order valence-electron chi connectivity index (χ3n) is 2.60. The molecule has 0 spiro atoms. The molecule has 0 aliphatic carbocycles. The molecule has 1 atom stereocenters. The summed E-state index contributed by atoms with van der Waals surface area (Å²) >= 11 is 0. The Kier molecular flexibility index (Phi) is 2.60. The molecule has 2 heterocycles. The Labute approximate surface area is 92.8 Å². The van der Waals surface area contributed by atoms with Crippen LogP contribution in [-0.4, -0.2) is 25.4 Å². The summed E-state index contributed by atoms with van der Waals surface area (Å²) < 4.78 is 1.90. The third-order valence-corrected chi connectivity index (χ3v) is 2.60. The number of carboxylic acid groups (broad SMARTS) is 1. The van der Waals surface area contributed by atoms with Gasteiger partial charge < -0.3 is 9.51 Å². The Morgan fingerprint density at radius 1 is 1.62 bits per heavy atom. The molecule has 0 amide bonds. The summed E-state index contributed by atoms with van der Waals surface area (Å²) in [5, 5.41) is 8.80. The Balaban J connectivity index is 2.50. The Bertz CT molecular complexity index is 533. The minimum atomic E-state index is -0.795. The average molecular weight is 219 g/mol. The monoisotopic (exact) mass is 219 g/mol. The minimum absolute atomic E-state index is 0.0603. The molecule has 0 radical (unpaired) electrons. The van der Waals surface area contributed by atoms with Gasteiger partial charge in [-0.3, -0.25) is 9.78 Å². The molecule has 0 bridgehead atoms. The summed E-state index contributed by atoms with van der Waals surface area (Å²) in [7, 11) is 0. The van der Waals surface area contributed by atoms with Crippen molar-refractivity contribution in [1.82, 2.24) is 14.4 Å². The van der Waals surface area contributed by atoms with Gasteiger partial charge in [-0.25, -0.2) is 4.98 Å². The number of carbonyl (C=O) groups is 1. The zero-order chi connectivity index (χ0) is 11.7. The van der Waals surface area contributed by atoms with Gasteiger partial charge in [0.05, 0.1) is 18.3 Å². The summed E-state index contributed by atoms with van der Waals surface area (Å²) in [6, 6.07) is 0. The lowest BCUT2D eigenvalue weighted by molar-refractivity contribution is -0.137. The maximum atomic E-state index is 10.7.